The molecule has 3 heteroatoms. The first kappa shape index (κ1) is 15.0. The third-order valence-electron chi connectivity index (χ3n) is 5.23. The van der Waals surface area contributed by atoms with Crippen molar-refractivity contribution in [2.24, 2.45) is 11.3 Å². The molecule has 3 nitrogen and oxygen atoms in total. The van der Waals surface area contributed by atoms with Crippen molar-refractivity contribution in [3.63, 3.8) is 0 Å². The van der Waals surface area contributed by atoms with E-state index in [0.717, 1.165) is 13.2 Å². The van der Waals surface area contributed by atoms with E-state index >= 15 is 0 Å². The predicted molar refractivity (Wildman–Crippen MR) is 86.3 cm³/mol. The number of nitrogens with one attached hydrogen (secondary N) is 1. The Labute approximate surface area is 128 Å². The van der Waals surface area contributed by atoms with Crippen LogP contribution in [0.5, 0.6) is 0 Å². The van der Waals surface area contributed by atoms with Crippen LogP contribution >= 0.6 is 0 Å². The molecule has 0 bridgehead atoms. The fourth-order valence-corrected chi connectivity index (χ4v) is 4.18. The Morgan fingerprint density at radius 2 is 2.00 bits per heavy atom. The Morgan fingerprint density at radius 1 is 1.29 bits per heavy atom. The van der Waals surface area contributed by atoms with Gasteiger partial charge in [0.2, 0.25) is 0 Å². The Hall–Kier alpha value is -0.900. The second-order valence-electron chi connectivity index (χ2n) is 7.44. The number of ether oxygens (including phenoxy) is 1. The first-order valence-electron chi connectivity index (χ1n) is 8.07. The maximum atomic E-state index is 5.92. The van der Waals surface area contributed by atoms with Gasteiger partial charge >= 0.3 is 0 Å². The van der Waals surface area contributed by atoms with E-state index in [9.17, 15) is 0 Å². The summed E-state index contributed by atoms with van der Waals surface area (Å²) >= 11 is 0. The van der Waals surface area contributed by atoms with Crippen LogP contribution in [0.25, 0.3) is 0 Å². The largest absolute Gasteiger partial charge is 0.377 e. The first-order chi connectivity index (χ1) is 10.00. The quantitative estimate of drug-likeness (QED) is 0.901. The topological polar surface area (TPSA) is 24.5 Å². The van der Waals surface area contributed by atoms with E-state index in [2.05, 4.69) is 68.5 Å². The summed E-state index contributed by atoms with van der Waals surface area (Å²) in [6.45, 7) is 6.64. The molecule has 1 aromatic rings. The second-order valence-corrected chi connectivity index (χ2v) is 7.44. The van der Waals surface area contributed by atoms with Crippen LogP contribution in [0.2, 0.25) is 0 Å². The molecule has 0 aromatic heterocycles. The number of hydrogen-bond acceptors (Lipinski definition) is 3. The average molecular weight is 288 g/mol. The molecule has 3 rings (SSSR count). The summed E-state index contributed by atoms with van der Waals surface area (Å²) in [5.74, 6) is 0.688. The van der Waals surface area contributed by atoms with Crippen molar-refractivity contribution in [1.29, 1.82) is 0 Å². The lowest BCUT2D eigenvalue weighted by molar-refractivity contribution is -0.116. The maximum Gasteiger partial charge on any atom is 0.0685 e. The Morgan fingerprint density at radius 3 is 2.67 bits per heavy atom. The first-order valence-corrected chi connectivity index (χ1v) is 8.07. The van der Waals surface area contributed by atoms with Crippen LogP contribution in [0.1, 0.15) is 31.9 Å². The Kier molecular flexibility index (Phi) is 4.08. The molecule has 116 valence electrons. The van der Waals surface area contributed by atoms with Gasteiger partial charge in [0, 0.05) is 36.6 Å². The second kappa shape index (κ2) is 5.71. The van der Waals surface area contributed by atoms with Crippen molar-refractivity contribution >= 4 is 0 Å². The fraction of sp³-hybridized carbons (Fsp3) is 0.667. The number of nitrogens with zero attached hydrogens (tertiary/aromatic N) is 1. The van der Waals surface area contributed by atoms with E-state index in [1.165, 1.54) is 12.0 Å². The molecule has 0 amide bonds. The summed E-state index contributed by atoms with van der Waals surface area (Å²) in [5, 5.41) is 3.94. The number of benzene rings is 1. The van der Waals surface area contributed by atoms with Gasteiger partial charge in [-0.25, -0.2) is 0 Å². The summed E-state index contributed by atoms with van der Waals surface area (Å²) in [6.07, 6.45) is 1.65. The van der Waals surface area contributed by atoms with Crippen molar-refractivity contribution in [2.45, 2.75) is 38.5 Å². The van der Waals surface area contributed by atoms with Crippen LogP contribution in [-0.4, -0.2) is 44.3 Å². The molecular formula is C18H28N2O. The van der Waals surface area contributed by atoms with Crippen LogP contribution in [0.15, 0.2) is 30.3 Å². The molecule has 4 atom stereocenters. The SMILES string of the molecule is CN(C)CC(NC1C2CCOC2C1(C)C)c1ccccc1. The molecule has 0 spiro atoms. The zero-order valence-electron chi connectivity index (χ0n) is 13.7. The molecule has 2 fully saturated rings. The minimum atomic E-state index is 0.237. The molecular weight excluding hydrogens is 260 g/mol. The molecule has 0 radical (unpaired) electrons. The molecule has 4 unspecified atom stereocenters. The van der Waals surface area contributed by atoms with E-state index in [1.54, 1.807) is 0 Å². The smallest absolute Gasteiger partial charge is 0.0685 e. The molecule has 1 heterocycles. The number of fused-ring (bicyclic) bond motifs is 1. The molecule has 1 saturated carbocycles. The lowest BCUT2D eigenvalue weighted by Gasteiger charge is -2.56. The summed E-state index contributed by atoms with van der Waals surface area (Å²) in [7, 11) is 4.29. The fourth-order valence-electron chi connectivity index (χ4n) is 4.18. The van der Waals surface area contributed by atoms with Crippen LogP contribution in [0.3, 0.4) is 0 Å². The van der Waals surface area contributed by atoms with E-state index in [-0.39, 0.29) is 5.41 Å². The maximum absolute atomic E-state index is 5.92. The van der Waals surface area contributed by atoms with Crippen molar-refractivity contribution in [1.82, 2.24) is 10.2 Å². The van der Waals surface area contributed by atoms with Gasteiger partial charge in [-0.15, -0.1) is 0 Å². The molecule has 1 aliphatic heterocycles. The minimum Gasteiger partial charge on any atom is -0.377 e. The zero-order chi connectivity index (χ0) is 15.0. The molecule has 1 aliphatic carbocycles. The van der Waals surface area contributed by atoms with Gasteiger partial charge in [-0.05, 0) is 26.1 Å². The van der Waals surface area contributed by atoms with Crippen molar-refractivity contribution < 1.29 is 4.74 Å². The molecule has 1 N–H and O–H groups in total. The normalized spacial score (nSPS) is 31.8. The van der Waals surface area contributed by atoms with Gasteiger partial charge in [0.15, 0.2) is 0 Å². The van der Waals surface area contributed by atoms with E-state index < -0.39 is 0 Å². The van der Waals surface area contributed by atoms with Gasteiger partial charge in [-0.3, -0.25) is 0 Å². The van der Waals surface area contributed by atoms with Crippen molar-refractivity contribution in [2.75, 3.05) is 27.2 Å². The monoisotopic (exact) mass is 288 g/mol. The third kappa shape index (κ3) is 2.75. The summed E-state index contributed by atoms with van der Waals surface area (Å²) in [6, 6.07) is 11.7. The number of likely N-dealkylation sites (N-methyl/N-ethyl adjacent to an activating group) is 1. The van der Waals surface area contributed by atoms with Crippen LogP contribution in [0, 0.1) is 11.3 Å². The van der Waals surface area contributed by atoms with Gasteiger partial charge in [0.05, 0.1) is 6.10 Å². The predicted octanol–water partition coefficient (Wildman–Crippen LogP) is 2.69. The van der Waals surface area contributed by atoms with Gasteiger partial charge in [0.25, 0.3) is 0 Å². The standard InChI is InChI=1S/C18H28N2O/c1-18(2)16(14-10-11-21-17(14)18)19-15(12-20(3)4)13-8-6-5-7-9-13/h5-9,14-17,19H,10-12H2,1-4H3. The minimum absolute atomic E-state index is 0.237. The van der Waals surface area contributed by atoms with E-state index in [4.69, 9.17) is 4.74 Å². The Balaban J connectivity index is 1.76. The van der Waals surface area contributed by atoms with Gasteiger partial charge in [-0.1, -0.05) is 44.2 Å². The summed E-state index contributed by atoms with van der Waals surface area (Å²) in [5.41, 5.74) is 1.62. The van der Waals surface area contributed by atoms with Gasteiger partial charge < -0.3 is 15.0 Å². The van der Waals surface area contributed by atoms with Crippen molar-refractivity contribution in [3.05, 3.63) is 35.9 Å². The third-order valence-corrected chi connectivity index (χ3v) is 5.23. The summed E-state index contributed by atoms with van der Waals surface area (Å²) < 4.78 is 5.92. The lowest BCUT2D eigenvalue weighted by atomic mass is 9.57. The molecule has 1 aromatic carbocycles. The lowest BCUT2D eigenvalue weighted by Crippen LogP contribution is -2.66. The number of hydrogen-bond donors (Lipinski definition) is 1. The Bertz CT molecular complexity index is 471. The van der Waals surface area contributed by atoms with Crippen molar-refractivity contribution in [3.8, 4) is 0 Å². The molecule has 21 heavy (non-hydrogen) atoms. The van der Waals surface area contributed by atoms with Gasteiger partial charge in [0.1, 0.15) is 0 Å². The average Bonchev–Trinajstić information content (AvgIpc) is 2.90. The van der Waals surface area contributed by atoms with Crippen LogP contribution < -0.4 is 5.32 Å². The number of rotatable bonds is 5. The van der Waals surface area contributed by atoms with Crippen LogP contribution in [0.4, 0.5) is 0 Å². The summed E-state index contributed by atoms with van der Waals surface area (Å²) in [4.78, 5) is 2.26. The zero-order valence-corrected chi connectivity index (χ0v) is 13.7. The van der Waals surface area contributed by atoms with E-state index in [0.29, 0.717) is 24.1 Å². The highest BCUT2D eigenvalue weighted by Crippen LogP contribution is 2.52. The molecule has 1 saturated heterocycles. The highest BCUT2D eigenvalue weighted by Gasteiger charge is 2.59. The molecule has 2 aliphatic rings. The van der Waals surface area contributed by atoms with Crippen LogP contribution in [-0.2, 0) is 4.74 Å². The van der Waals surface area contributed by atoms with E-state index in [1.807, 2.05) is 0 Å². The highest BCUT2D eigenvalue weighted by molar-refractivity contribution is 5.21. The highest BCUT2D eigenvalue weighted by atomic mass is 16.5. The van der Waals surface area contributed by atoms with Gasteiger partial charge in [-0.2, -0.15) is 0 Å².